The van der Waals surface area contributed by atoms with Crippen molar-refractivity contribution in [3.05, 3.63) is 156 Å². The summed E-state index contributed by atoms with van der Waals surface area (Å²) in [5.41, 5.74) is 1.71. The van der Waals surface area contributed by atoms with Gasteiger partial charge in [0.15, 0.2) is 33.1 Å². The van der Waals surface area contributed by atoms with Crippen LogP contribution in [0, 0.1) is 0 Å². The van der Waals surface area contributed by atoms with Gasteiger partial charge in [0.05, 0.1) is 25.6 Å². The molecule has 7 heterocycles. The van der Waals surface area contributed by atoms with E-state index in [2.05, 4.69) is 136 Å². The fourth-order valence-corrected chi connectivity index (χ4v) is 22.3. The Morgan fingerprint density at radius 1 is 0.487 bits per heavy atom. The fourth-order valence-electron chi connectivity index (χ4n) is 6.46. The van der Waals surface area contributed by atoms with Gasteiger partial charge < -0.3 is 25.2 Å². The number of rotatable bonds is 16. The Hall–Kier alpha value is -3.82. The molecule has 3 N–H and O–H groups in total. The van der Waals surface area contributed by atoms with Crippen molar-refractivity contribution in [1.82, 2.24) is 54.8 Å². The minimum Gasteiger partial charge on any atom is -0.870 e. The van der Waals surface area contributed by atoms with E-state index in [4.69, 9.17) is 38.4 Å². The van der Waals surface area contributed by atoms with Gasteiger partial charge in [0, 0.05) is 99.2 Å². The number of halogens is 5. The zero-order valence-electron chi connectivity index (χ0n) is 42.5. The molecule has 0 aliphatic heterocycles. The maximum atomic E-state index is 11.5. The van der Waals surface area contributed by atoms with Gasteiger partial charge in [0.1, 0.15) is 11.4 Å². The van der Waals surface area contributed by atoms with Gasteiger partial charge >= 0.3 is 178 Å². The van der Waals surface area contributed by atoms with Crippen LogP contribution in [0.2, 0.25) is 23.6 Å². The van der Waals surface area contributed by atoms with Gasteiger partial charge in [-0.2, -0.15) is 0 Å². The van der Waals surface area contributed by atoms with Crippen LogP contribution < -0.4 is 33.3 Å². The molecule has 0 amide bonds. The number of nitrogens with zero attached hydrogens (tertiary/aromatic N) is 11. The minimum absolute atomic E-state index is 0. The molecule has 0 bridgehead atoms. The van der Waals surface area contributed by atoms with Gasteiger partial charge in [-0.1, -0.05) is 50.2 Å². The predicted octanol–water partition coefficient (Wildman–Crippen LogP) is 9.93. The molecule has 27 heteroatoms. The Kier molecular flexibility index (Phi) is 49.6. The minimum atomic E-state index is -2.21. The number of carbonyl (C=O) groups is 4. The van der Waals surface area contributed by atoms with Gasteiger partial charge in [-0.15, -0.1) is 24.0 Å². The molecule has 0 aromatic carbocycles. The number of aromatic carboxylic acids is 2. The molecular formula is C51H65Cl2I3N11NaO9Sn. The third-order valence-electron chi connectivity index (χ3n) is 9.92. The normalized spacial score (nSPS) is 9.35. The molecule has 0 unspecified atom stereocenters. The van der Waals surface area contributed by atoms with Crippen LogP contribution in [-0.4, -0.2) is 127 Å². The van der Waals surface area contributed by atoms with E-state index in [0.717, 1.165) is 0 Å². The maximum absolute atomic E-state index is 11.5. The first-order valence-corrected chi connectivity index (χ1v) is 37.0. The number of ether oxygens (including phenoxy) is 2. The number of hydrogen-bond donors (Lipinski definition) is 2. The summed E-state index contributed by atoms with van der Waals surface area (Å²) in [4.78, 5) is 86.4. The largest absolute Gasteiger partial charge is 1.00 e. The summed E-state index contributed by atoms with van der Waals surface area (Å²) in [5, 5.41) is 17.2. The molecule has 418 valence electrons. The van der Waals surface area contributed by atoms with E-state index in [0.29, 0.717) is 17.1 Å². The van der Waals surface area contributed by atoms with Gasteiger partial charge in [-0.05, 0) is 24.3 Å². The SMILES string of the molecule is C.C.CCC[CH2][Sn]([CH2]CCC)([CH2]CCC)[c]1ccccn1.COC(=O)c1nccnc1-c1ccccn1.COC(=O)c1nccnc1Cl.I.II.O=C(O)c1nccnc1-c1ccccn1.O=C(O)c1nccnc1Cl.[Na+].[OH-]. The average molecular weight is 1570 g/mol. The number of unbranched alkanes of at least 4 members (excludes halogenated alkanes) is 3. The first-order chi connectivity index (χ1) is 35.4. The molecule has 20 nitrogen and oxygen atoms in total. The van der Waals surface area contributed by atoms with Gasteiger partial charge in [-0.3, -0.25) is 19.9 Å². The second-order valence-electron chi connectivity index (χ2n) is 14.7. The monoisotopic (exact) mass is 1570 g/mol. The van der Waals surface area contributed by atoms with Gasteiger partial charge in [0.2, 0.25) is 0 Å². The number of hydrogen-bond acceptors (Lipinski definition) is 18. The average Bonchev–Trinajstić information content (AvgIpc) is 3.44. The van der Waals surface area contributed by atoms with Gasteiger partial charge in [-0.25, -0.2) is 49.1 Å². The zero-order chi connectivity index (χ0) is 53.9. The number of carbonyl (C=O) groups excluding carboxylic acids is 2. The second-order valence-corrected chi connectivity index (χ2v) is 28.5. The van der Waals surface area contributed by atoms with E-state index in [1.807, 2.05) is 12.3 Å². The van der Waals surface area contributed by atoms with E-state index >= 15 is 0 Å². The van der Waals surface area contributed by atoms with Crippen molar-refractivity contribution in [1.29, 1.82) is 0 Å². The molecular weight excluding hydrogens is 1500 g/mol. The molecule has 0 spiro atoms. The van der Waals surface area contributed by atoms with Crippen LogP contribution in [0.15, 0.2) is 123 Å². The summed E-state index contributed by atoms with van der Waals surface area (Å²) in [6.07, 6.45) is 24.6. The Bertz CT molecular complexity index is 2710. The first kappa shape index (κ1) is 80.7. The molecule has 0 saturated carbocycles. The maximum Gasteiger partial charge on any atom is 1.00 e. The van der Waals surface area contributed by atoms with Gasteiger partial charge in [0.25, 0.3) is 0 Å². The van der Waals surface area contributed by atoms with Crippen molar-refractivity contribution in [2.24, 2.45) is 0 Å². The molecule has 0 radical (unpaired) electrons. The number of pyridine rings is 3. The van der Waals surface area contributed by atoms with Crippen molar-refractivity contribution >= 4 is 130 Å². The predicted molar refractivity (Wildman–Crippen MR) is 329 cm³/mol. The van der Waals surface area contributed by atoms with Crippen LogP contribution in [0.1, 0.15) is 116 Å². The number of carboxylic acid groups (broad SMARTS) is 2. The summed E-state index contributed by atoms with van der Waals surface area (Å²) in [6, 6.07) is 17.2. The number of esters is 2. The van der Waals surface area contributed by atoms with Crippen LogP contribution in [0.25, 0.3) is 22.8 Å². The molecule has 7 aromatic heterocycles. The number of carboxylic acids is 2. The van der Waals surface area contributed by atoms with Crippen LogP contribution in [0.5, 0.6) is 0 Å². The van der Waals surface area contributed by atoms with Crippen molar-refractivity contribution < 1.29 is 73.9 Å². The summed E-state index contributed by atoms with van der Waals surface area (Å²) in [5.74, 6) is -3.38. The van der Waals surface area contributed by atoms with Crippen molar-refractivity contribution in [3.8, 4) is 22.8 Å². The molecule has 0 atom stereocenters. The molecule has 7 rings (SSSR count). The Labute approximate surface area is 533 Å². The van der Waals surface area contributed by atoms with Crippen molar-refractivity contribution in [2.75, 3.05) is 14.2 Å². The summed E-state index contributed by atoms with van der Waals surface area (Å²) < 4.78 is 15.1. The zero-order valence-corrected chi connectivity index (χ0v) is 55.6. The standard InChI is InChI=1S/C11H9N3O2.C10H7N3O2.C6H5ClN2O2.C5H3ClN2O2.C5H4N.3C4H9.2CH4.I2.HI.Na.H2O.Sn/c1-16-11(15)10-9(13-6-7-14-10)8-4-2-3-5-12-8;14-10(15)9-8(12-5-6-13-9)7-3-1-2-4-11-7;1-11-6(10)4-5(7)9-3-2-8-4;6-4-3(5(9)10)7-1-2-8-4;1-2-4-6-5-3-1;3*1-3-4-2;;;1-2;;;;/h2-7H,1H3;1-6H,(H,14,15);2-3H,1H3;1-2H,(H,9,10);1-4H;3*1,3-4H2,2H3;2*1H4;;1H;;1H2;/q;;;;;;;;;;;;+1;;/p-1. The molecule has 78 heavy (non-hydrogen) atoms. The molecule has 0 fully saturated rings. The Morgan fingerprint density at radius 3 is 1.15 bits per heavy atom. The van der Waals surface area contributed by atoms with E-state index < -0.39 is 42.3 Å². The first-order valence-electron chi connectivity index (χ1n) is 22.4. The van der Waals surface area contributed by atoms with E-state index in [9.17, 15) is 19.2 Å². The van der Waals surface area contributed by atoms with Crippen LogP contribution >= 0.6 is 84.4 Å². The third kappa shape index (κ3) is 28.5. The Balaban J connectivity index is -0.000000435. The van der Waals surface area contributed by atoms with E-state index in [1.165, 1.54) is 116 Å². The molecule has 7 aromatic rings. The quantitative estimate of drug-likeness (QED) is 0.0516. The Morgan fingerprint density at radius 2 is 0.821 bits per heavy atom. The smallest absolute Gasteiger partial charge is 0.870 e. The summed E-state index contributed by atoms with van der Waals surface area (Å²) >= 11 is 12.9. The molecule has 0 saturated heterocycles. The van der Waals surface area contributed by atoms with Crippen LogP contribution in [0.4, 0.5) is 0 Å². The fraction of sp³-hybridized carbons (Fsp3) is 0.314. The van der Waals surface area contributed by atoms with Crippen LogP contribution in [-0.2, 0) is 9.47 Å². The summed E-state index contributed by atoms with van der Waals surface area (Å²) in [6.45, 7) is 6.98. The van der Waals surface area contributed by atoms with Crippen molar-refractivity contribution in [3.63, 3.8) is 0 Å². The van der Waals surface area contributed by atoms with Crippen molar-refractivity contribution in [2.45, 2.75) is 87.5 Å². The van der Waals surface area contributed by atoms with E-state index in [1.54, 1.807) is 46.4 Å². The molecule has 0 aliphatic carbocycles. The van der Waals surface area contributed by atoms with E-state index in [-0.39, 0.29) is 113 Å². The third-order valence-corrected chi connectivity index (χ3v) is 25.6. The number of aromatic nitrogens is 11. The van der Waals surface area contributed by atoms with Crippen LogP contribution in [0.3, 0.4) is 0 Å². The summed E-state index contributed by atoms with van der Waals surface area (Å²) in [7, 11) is 2.56. The number of methoxy groups -OCH3 is 2. The molecule has 0 aliphatic rings. The second kappa shape index (κ2) is 47.9. The topological polar surface area (TPSA) is 299 Å².